The fraction of sp³-hybridized carbons (Fsp3) is 0.632. The van der Waals surface area contributed by atoms with Gasteiger partial charge in [-0.1, -0.05) is 0 Å². The third-order valence-corrected chi connectivity index (χ3v) is 5.72. The molecule has 2 fully saturated rings. The first-order valence-corrected chi connectivity index (χ1v) is 9.52. The number of nitrogens with zero attached hydrogens (tertiary/aromatic N) is 4. The number of halogens is 1. The lowest BCUT2D eigenvalue weighted by Crippen LogP contribution is -2.40. The molecule has 1 aromatic heterocycles. The number of ether oxygens (including phenoxy) is 1. The molecule has 7 heteroatoms. The third-order valence-electron chi connectivity index (χ3n) is 5.72. The molecular formula is C19H27FN4O2. The number of morpholine rings is 1. The Labute approximate surface area is 152 Å². The Kier molecular flexibility index (Phi) is 5.11. The largest absolute Gasteiger partial charge is 0.379 e. The number of imidazole rings is 1. The Bertz CT molecular complexity index is 817. The maximum atomic E-state index is 13.9. The van der Waals surface area contributed by atoms with Crippen molar-refractivity contribution in [2.45, 2.75) is 25.4 Å². The molecule has 0 atom stereocenters. The van der Waals surface area contributed by atoms with Gasteiger partial charge in [-0.15, -0.1) is 0 Å². The summed E-state index contributed by atoms with van der Waals surface area (Å²) in [5.74, 6) is -0.287. The van der Waals surface area contributed by atoms with Gasteiger partial charge in [-0.25, -0.2) is 9.18 Å². The van der Waals surface area contributed by atoms with Crippen molar-refractivity contribution in [2.75, 3.05) is 53.0 Å². The SMILES string of the molecule is CN1CCC(n2c(=O)n(CCN3CCOCC3)c3ccc(F)cc32)CC1. The van der Waals surface area contributed by atoms with Gasteiger partial charge in [-0.2, -0.15) is 0 Å². The number of piperidine rings is 1. The lowest BCUT2D eigenvalue weighted by molar-refractivity contribution is 0.0364. The lowest BCUT2D eigenvalue weighted by atomic mass is 10.1. The Morgan fingerprint density at radius 2 is 1.81 bits per heavy atom. The summed E-state index contributed by atoms with van der Waals surface area (Å²) in [6.07, 6.45) is 1.85. The molecule has 0 N–H and O–H groups in total. The first-order valence-electron chi connectivity index (χ1n) is 9.52. The number of hydrogen-bond acceptors (Lipinski definition) is 4. The molecule has 2 aliphatic rings. The van der Waals surface area contributed by atoms with Gasteiger partial charge in [0.05, 0.1) is 24.2 Å². The average Bonchev–Trinajstić information content (AvgIpc) is 2.92. The van der Waals surface area contributed by atoms with Crippen LogP contribution >= 0.6 is 0 Å². The second-order valence-electron chi connectivity index (χ2n) is 7.43. The minimum absolute atomic E-state index is 0.00610. The molecule has 0 aliphatic carbocycles. The summed E-state index contributed by atoms with van der Waals surface area (Å²) in [7, 11) is 2.10. The van der Waals surface area contributed by atoms with E-state index in [1.54, 1.807) is 6.07 Å². The van der Waals surface area contributed by atoms with Crippen LogP contribution in [0, 0.1) is 5.82 Å². The first kappa shape index (κ1) is 17.7. The smallest absolute Gasteiger partial charge is 0.329 e. The van der Waals surface area contributed by atoms with Crippen LogP contribution in [-0.2, 0) is 11.3 Å². The summed E-state index contributed by atoms with van der Waals surface area (Å²) in [4.78, 5) is 17.8. The number of benzene rings is 1. The van der Waals surface area contributed by atoms with Crippen LogP contribution in [0.15, 0.2) is 23.0 Å². The molecule has 142 valence electrons. The molecule has 2 aromatic rings. The van der Waals surface area contributed by atoms with Gasteiger partial charge in [0.2, 0.25) is 0 Å². The molecule has 2 aliphatic heterocycles. The van der Waals surface area contributed by atoms with Crippen LogP contribution in [0.5, 0.6) is 0 Å². The Hall–Kier alpha value is -1.70. The van der Waals surface area contributed by atoms with Crippen molar-refractivity contribution in [3.05, 3.63) is 34.5 Å². The van der Waals surface area contributed by atoms with E-state index in [2.05, 4.69) is 16.8 Å². The Morgan fingerprint density at radius 3 is 2.54 bits per heavy atom. The summed E-state index contributed by atoms with van der Waals surface area (Å²) < 4.78 is 23.0. The van der Waals surface area contributed by atoms with Crippen molar-refractivity contribution in [3.63, 3.8) is 0 Å². The van der Waals surface area contributed by atoms with E-state index in [0.717, 1.165) is 69.8 Å². The van der Waals surface area contributed by atoms with Crippen LogP contribution in [0.25, 0.3) is 11.0 Å². The minimum Gasteiger partial charge on any atom is -0.379 e. The highest BCUT2D eigenvalue weighted by Gasteiger charge is 2.24. The van der Waals surface area contributed by atoms with Gasteiger partial charge < -0.3 is 9.64 Å². The molecule has 0 radical (unpaired) electrons. The second-order valence-corrected chi connectivity index (χ2v) is 7.43. The molecule has 1 aromatic carbocycles. The predicted molar refractivity (Wildman–Crippen MR) is 99.2 cm³/mol. The fourth-order valence-corrected chi connectivity index (χ4v) is 4.14. The number of rotatable bonds is 4. The van der Waals surface area contributed by atoms with Gasteiger partial charge >= 0.3 is 5.69 Å². The summed E-state index contributed by atoms with van der Waals surface area (Å²) in [6.45, 7) is 6.66. The van der Waals surface area contributed by atoms with E-state index in [1.165, 1.54) is 12.1 Å². The molecule has 0 bridgehead atoms. The zero-order valence-electron chi connectivity index (χ0n) is 15.4. The highest BCUT2D eigenvalue weighted by molar-refractivity contribution is 5.76. The molecule has 0 amide bonds. The molecule has 3 heterocycles. The van der Waals surface area contributed by atoms with Gasteiger partial charge in [0.1, 0.15) is 5.82 Å². The van der Waals surface area contributed by atoms with Crippen molar-refractivity contribution in [2.24, 2.45) is 0 Å². The van der Waals surface area contributed by atoms with E-state index >= 15 is 0 Å². The Balaban J connectivity index is 1.66. The summed E-state index contributed by atoms with van der Waals surface area (Å²) in [5, 5.41) is 0. The average molecular weight is 362 g/mol. The molecule has 0 unspecified atom stereocenters. The molecule has 6 nitrogen and oxygen atoms in total. The second kappa shape index (κ2) is 7.50. The van der Waals surface area contributed by atoms with Gasteiger partial charge in [0.25, 0.3) is 0 Å². The van der Waals surface area contributed by atoms with E-state index in [1.807, 2.05) is 9.13 Å². The maximum absolute atomic E-state index is 13.9. The first-order chi connectivity index (χ1) is 12.6. The van der Waals surface area contributed by atoms with E-state index in [9.17, 15) is 9.18 Å². The minimum atomic E-state index is -0.287. The normalized spacial score (nSPS) is 20.8. The molecule has 0 saturated carbocycles. The molecule has 2 saturated heterocycles. The third kappa shape index (κ3) is 3.43. The van der Waals surface area contributed by atoms with Crippen LogP contribution in [0.2, 0.25) is 0 Å². The predicted octanol–water partition coefficient (Wildman–Crippen LogP) is 1.54. The maximum Gasteiger partial charge on any atom is 0.329 e. The fourth-order valence-electron chi connectivity index (χ4n) is 4.14. The highest BCUT2D eigenvalue weighted by Crippen LogP contribution is 2.25. The molecule has 4 rings (SSSR count). The van der Waals surface area contributed by atoms with E-state index < -0.39 is 0 Å². The summed E-state index contributed by atoms with van der Waals surface area (Å²) in [6, 6.07) is 4.86. The number of fused-ring (bicyclic) bond motifs is 1. The topological polar surface area (TPSA) is 42.6 Å². The Morgan fingerprint density at radius 1 is 1.08 bits per heavy atom. The summed E-state index contributed by atoms with van der Waals surface area (Å²) in [5.41, 5.74) is 1.56. The lowest BCUT2D eigenvalue weighted by Gasteiger charge is -2.29. The van der Waals surface area contributed by atoms with Crippen molar-refractivity contribution >= 4 is 11.0 Å². The molecule has 26 heavy (non-hydrogen) atoms. The van der Waals surface area contributed by atoms with Gasteiger partial charge in [0.15, 0.2) is 0 Å². The van der Waals surface area contributed by atoms with E-state index in [-0.39, 0.29) is 17.5 Å². The van der Waals surface area contributed by atoms with Crippen LogP contribution in [0.4, 0.5) is 4.39 Å². The quantitative estimate of drug-likeness (QED) is 0.828. The highest BCUT2D eigenvalue weighted by atomic mass is 19.1. The number of likely N-dealkylation sites (tertiary alicyclic amines) is 1. The van der Waals surface area contributed by atoms with E-state index in [0.29, 0.717) is 6.54 Å². The zero-order chi connectivity index (χ0) is 18.1. The monoisotopic (exact) mass is 362 g/mol. The van der Waals surface area contributed by atoms with Crippen molar-refractivity contribution in [1.82, 2.24) is 18.9 Å². The van der Waals surface area contributed by atoms with Gasteiger partial charge in [0, 0.05) is 32.2 Å². The van der Waals surface area contributed by atoms with Crippen LogP contribution < -0.4 is 5.69 Å². The number of aromatic nitrogens is 2. The van der Waals surface area contributed by atoms with Gasteiger partial charge in [-0.3, -0.25) is 14.0 Å². The van der Waals surface area contributed by atoms with Gasteiger partial charge in [-0.05, 0) is 51.2 Å². The molecule has 0 spiro atoms. The van der Waals surface area contributed by atoms with Crippen LogP contribution in [0.1, 0.15) is 18.9 Å². The number of hydrogen-bond donors (Lipinski definition) is 0. The van der Waals surface area contributed by atoms with Crippen molar-refractivity contribution in [1.29, 1.82) is 0 Å². The molecular weight excluding hydrogens is 335 g/mol. The van der Waals surface area contributed by atoms with Crippen LogP contribution in [0.3, 0.4) is 0 Å². The standard InChI is InChI=1S/C19H27FN4O2/c1-21-6-4-16(5-7-21)24-18-14-15(20)2-3-17(18)23(19(24)25)9-8-22-10-12-26-13-11-22/h2-3,14,16H,4-13H2,1H3. The van der Waals surface area contributed by atoms with Crippen LogP contribution in [-0.4, -0.2) is 71.9 Å². The van der Waals surface area contributed by atoms with Crippen molar-refractivity contribution in [3.8, 4) is 0 Å². The zero-order valence-corrected chi connectivity index (χ0v) is 15.4. The van der Waals surface area contributed by atoms with Crippen molar-refractivity contribution < 1.29 is 9.13 Å². The summed E-state index contributed by atoms with van der Waals surface area (Å²) >= 11 is 0. The van der Waals surface area contributed by atoms with E-state index in [4.69, 9.17) is 4.74 Å².